The number of carbonyl (C=O) groups is 2. The van der Waals surface area contributed by atoms with Crippen molar-refractivity contribution in [3.8, 4) is 5.75 Å². The molecule has 1 fully saturated rings. The molecule has 1 saturated carbocycles. The molecule has 1 aromatic rings. The van der Waals surface area contributed by atoms with E-state index in [9.17, 15) is 9.59 Å². The van der Waals surface area contributed by atoms with Gasteiger partial charge in [0.05, 0.1) is 7.11 Å². The van der Waals surface area contributed by atoms with Crippen LogP contribution in [-0.4, -0.2) is 31.1 Å². The van der Waals surface area contributed by atoms with E-state index in [1.54, 1.807) is 19.1 Å². The molecule has 1 N–H and O–H groups in total. The molecule has 1 aromatic carbocycles. The number of benzene rings is 1. The third kappa shape index (κ3) is 3.74. The molecule has 5 heteroatoms. The summed E-state index contributed by atoms with van der Waals surface area (Å²) in [6.07, 6.45) is 0.864. The van der Waals surface area contributed by atoms with Crippen molar-refractivity contribution in [1.82, 2.24) is 5.32 Å². The Balaban J connectivity index is 2.02. The van der Waals surface area contributed by atoms with Crippen molar-refractivity contribution in [2.45, 2.75) is 25.8 Å². The summed E-state index contributed by atoms with van der Waals surface area (Å²) in [7, 11) is 1.30. The van der Waals surface area contributed by atoms with E-state index in [4.69, 9.17) is 9.47 Å². The first kappa shape index (κ1) is 15.4. The fourth-order valence-electron chi connectivity index (χ4n) is 2.17. The predicted octanol–water partition coefficient (Wildman–Crippen LogP) is 1.77. The molecule has 1 aliphatic rings. The maximum Gasteiger partial charge on any atom is 0.334 e. The SMILES string of the molecule is COC(=O)[C@](C)(COc1ccccc1)NC(=O)[C@@H]1C[C@@H]1C. The highest BCUT2D eigenvalue weighted by Gasteiger charge is 2.44. The van der Waals surface area contributed by atoms with Crippen molar-refractivity contribution in [1.29, 1.82) is 0 Å². The second kappa shape index (κ2) is 6.16. The molecule has 21 heavy (non-hydrogen) atoms. The van der Waals surface area contributed by atoms with Gasteiger partial charge >= 0.3 is 5.97 Å². The van der Waals surface area contributed by atoms with E-state index < -0.39 is 11.5 Å². The Morgan fingerprint density at radius 2 is 1.95 bits per heavy atom. The number of para-hydroxylation sites is 1. The van der Waals surface area contributed by atoms with Gasteiger partial charge < -0.3 is 14.8 Å². The van der Waals surface area contributed by atoms with E-state index in [1.165, 1.54) is 7.11 Å². The third-order valence-electron chi connectivity index (χ3n) is 3.75. The van der Waals surface area contributed by atoms with E-state index in [2.05, 4.69) is 5.32 Å². The lowest BCUT2D eigenvalue weighted by molar-refractivity contribution is -0.151. The van der Waals surface area contributed by atoms with E-state index >= 15 is 0 Å². The highest BCUT2D eigenvalue weighted by molar-refractivity contribution is 5.90. The van der Waals surface area contributed by atoms with Gasteiger partial charge in [0.1, 0.15) is 12.4 Å². The first-order valence-corrected chi connectivity index (χ1v) is 7.04. The number of nitrogens with one attached hydrogen (secondary N) is 1. The van der Waals surface area contributed by atoms with Crippen LogP contribution < -0.4 is 10.1 Å². The molecule has 3 atom stereocenters. The zero-order chi connectivity index (χ0) is 15.5. The summed E-state index contributed by atoms with van der Waals surface area (Å²) in [5.41, 5.74) is -1.19. The van der Waals surface area contributed by atoms with Gasteiger partial charge in [-0.25, -0.2) is 4.79 Å². The smallest absolute Gasteiger partial charge is 0.334 e. The Labute approximate surface area is 124 Å². The van der Waals surface area contributed by atoms with E-state index in [-0.39, 0.29) is 18.4 Å². The molecule has 0 spiro atoms. The maximum atomic E-state index is 12.1. The molecule has 0 bridgehead atoms. The van der Waals surface area contributed by atoms with Crippen LogP contribution >= 0.6 is 0 Å². The maximum absolute atomic E-state index is 12.1. The van der Waals surface area contributed by atoms with E-state index in [0.29, 0.717) is 11.7 Å². The number of hydrogen-bond donors (Lipinski definition) is 1. The molecule has 0 unspecified atom stereocenters. The number of ether oxygens (including phenoxy) is 2. The zero-order valence-corrected chi connectivity index (χ0v) is 12.6. The molecule has 0 aromatic heterocycles. The van der Waals surface area contributed by atoms with Crippen LogP contribution in [0.2, 0.25) is 0 Å². The number of esters is 1. The van der Waals surface area contributed by atoms with Crippen LogP contribution in [0.3, 0.4) is 0 Å². The summed E-state index contributed by atoms with van der Waals surface area (Å²) >= 11 is 0. The van der Waals surface area contributed by atoms with Gasteiger partial charge in [-0.05, 0) is 31.4 Å². The molecule has 1 amide bonds. The van der Waals surface area contributed by atoms with Crippen LogP contribution in [0.15, 0.2) is 30.3 Å². The van der Waals surface area contributed by atoms with Crippen LogP contribution in [0, 0.1) is 11.8 Å². The summed E-state index contributed by atoms with van der Waals surface area (Å²) in [5.74, 6) is 0.376. The van der Waals surface area contributed by atoms with Crippen molar-refractivity contribution in [3.63, 3.8) is 0 Å². The van der Waals surface area contributed by atoms with Crippen molar-refractivity contribution >= 4 is 11.9 Å². The third-order valence-corrected chi connectivity index (χ3v) is 3.75. The number of carbonyl (C=O) groups excluding carboxylic acids is 2. The predicted molar refractivity (Wildman–Crippen MR) is 77.8 cm³/mol. The molecular formula is C16H21NO4. The first-order valence-electron chi connectivity index (χ1n) is 7.04. The minimum Gasteiger partial charge on any atom is -0.491 e. The molecule has 2 rings (SSSR count). The summed E-state index contributed by atoms with van der Waals surface area (Å²) in [6, 6.07) is 9.15. The van der Waals surface area contributed by atoms with Gasteiger partial charge in [-0.2, -0.15) is 0 Å². The monoisotopic (exact) mass is 291 g/mol. The lowest BCUT2D eigenvalue weighted by Gasteiger charge is -2.28. The lowest BCUT2D eigenvalue weighted by atomic mass is 10.0. The van der Waals surface area contributed by atoms with Gasteiger partial charge in [-0.3, -0.25) is 4.79 Å². The van der Waals surface area contributed by atoms with E-state index in [1.807, 2.05) is 25.1 Å². The number of hydrogen-bond acceptors (Lipinski definition) is 4. The van der Waals surface area contributed by atoms with Gasteiger partial charge in [-0.1, -0.05) is 25.1 Å². The molecule has 0 saturated heterocycles. The van der Waals surface area contributed by atoms with Crippen molar-refractivity contribution < 1.29 is 19.1 Å². The largest absolute Gasteiger partial charge is 0.491 e. The summed E-state index contributed by atoms with van der Waals surface area (Å²) in [5, 5.41) is 2.77. The summed E-state index contributed by atoms with van der Waals surface area (Å²) in [4.78, 5) is 24.1. The second-order valence-corrected chi connectivity index (χ2v) is 5.73. The normalized spacial score (nSPS) is 22.8. The quantitative estimate of drug-likeness (QED) is 0.811. The molecular weight excluding hydrogens is 270 g/mol. The van der Waals surface area contributed by atoms with Gasteiger partial charge in [0.25, 0.3) is 0 Å². The fourth-order valence-corrected chi connectivity index (χ4v) is 2.17. The van der Waals surface area contributed by atoms with Crippen molar-refractivity contribution in [2.24, 2.45) is 11.8 Å². The van der Waals surface area contributed by atoms with Crippen LogP contribution in [-0.2, 0) is 14.3 Å². The second-order valence-electron chi connectivity index (χ2n) is 5.73. The van der Waals surface area contributed by atoms with Crippen LogP contribution in [0.25, 0.3) is 0 Å². The number of methoxy groups -OCH3 is 1. The molecule has 0 heterocycles. The lowest BCUT2D eigenvalue weighted by Crippen LogP contribution is -2.57. The van der Waals surface area contributed by atoms with Crippen LogP contribution in [0.5, 0.6) is 5.75 Å². The molecule has 5 nitrogen and oxygen atoms in total. The Morgan fingerprint density at radius 1 is 1.33 bits per heavy atom. The summed E-state index contributed by atoms with van der Waals surface area (Å²) < 4.78 is 10.4. The number of rotatable bonds is 6. The highest BCUT2D eigenvalue weighted by Crippen LogP contribution is 2.38. The Morgan fingerprint density at radius 3 is 2.48 bits per heavy atom. The standard InChI is InChI=1S/C16H21NO4/c1-11-9-13(11)14(18)17-16(2,15(19)20-3)10-21-12-7-5-4-6-8-12/h4-8,11,13H,9-10H2,1-3H3,(H,17,18)/t11-,13+,16-/m0/s1. The average Bonchev–Trinajstić information content (AvgIpc) is 3.22. The van der Waals surface area contributed by atoms with Gasteiger partial charge in [0.2, 0.25) is 5.91 Å². The number of amides is 1. The average molecular weight is 291 g/mol. The topological polar surface area (TPSA) is 64.6 Å². The molecule has 0 radical (unpaired) electrons. The molecule has 0 aliphatic heterocycles. The Bertz CT molecular complexity index is 516. The minimum atomic E-state index is -1.19. The van der Waals surface area contributed by atoms with Crippen molar-refractivity contribution in [2.75, 3.05) is 13.7 Å². The van der Waals surface area contributed by atoms with Gasteiger partial charge in [-0.15, -0.1) is 0 Å². The van der Waals surface area contributed by atoms with Gasteiger partial charge in [0.15, 0.2) is 5.54 Å². The zero-order valence-electron chi connectivity index (χ0n) is 12.6. The summed E-state index contributed by atoms with van der Waals surface area (Å²) in [6.45, 7) is 3.66. The Kier molecular flexibility index (Phi) is 4.50. The molecule has 114 valence electrons. The van der Waals surface area contributed by atoms with E-state index in [0.717, 1.165) is 6.42 Å². The van der Waals surface area contributed by atoms with Crippen molar-refractivity contribution in [3.05, 3.63) is 30.3 Å². The van der Waals surface area contributed by atoms with Crippen LogP contribution in [0.1, 0.15) is 20.3 Å². The van der Waals surface area contributed by atoms with Gasteiger partial charge in [0, 0.05) is 5.92 Å². The van der Waals surface area contributed by atoms with Crippen LogP contribution in [0.4, 0.5) is 0 Å². The molecule has 1 aliphatic carbocycles. The fraction of sp³-hybridized carbons (Fsp3) is 0.500. The minimum absolute atomic E-state index is 0.00861. The highest BCUT2D eigenvalue weighted by atomic mass is 16.5. The first-order chi connectivity index (χ1) is 9.96. The Hall–Kier alpha value is -2.04.